The summed E-state index contributed by atoms with van der Waals surface area (Å²) in [5.74, 6) is 2.00. The molecule has 0 aliphatic heterocycles. The monoisotopic (exact) mass is 348 g/mol. The Morgan fingerprint density at radius 3 is 2.92 bits per heavy atom. The van der Waals surface area contributed by atoms with E-state index in [1.165, 1.54) is 43.9 Å². The fraction of sp³-hybridized carbons (Fsp3) is 0.588. The summed E-state index contributed by atoms with van der Waals surface area (Å²) in [4.78, 5) is 12.2. The molecule has 2 aromatic rings. The van der Waals surface area contributed by atoms with Crippen LogP contribution < -0.4 is 5.32 Å². The summed E-state index contributed by atoms with van der Waals surface area (Å²) >= 11 is 1.46. The standard InChI is InChI=1S/C17H24N4O2S/c1-12(15-9-6-10-23-15)18-16(22)11-24-17-20-19-13(2)21(17)14-7-4-3-5-8-14/h6,9-10,12,14H,3-5,7-8,11H2,1-2H3,(H,18,22)/t12-/m0/s1. The molecule has 0 spiro atoms. The van der Waals surface area contributed by atoms with Gasteiger partial charge in [0.1, 0.15) is 11.6 Å². The SMILES string of the molecule is Cc1nnc(SCC(=O)N[C@@H](C)c2ccco2)n1C1CCCCC1. The van der Waals surface area contributed by atoms with Crippen molar-refractivity contribution in [2.24, 2.45) is 0 Å². The third kappa shape index (κ3) is 4.01. The van der Waals surface area contributed by atoms with Gasteiger partial charge in [0.25, 0.3) is 0 Å². The molecule has 1 aliphatic rings. The maximum Gasteiger partial charge on any atom is 0.231 e. The van der Waals surface area contributed by atoms with Crippen LogP contribution in [0.15, 0.2) is 28.0 Å². The number of rotatable bonds is 6. The van der Waals surface area contributed by atoms with Crippen molar-refractivity contribution in [3.05, 3.63) is 30.0 Å². The van der Waals surface area contributed by atoms with Crippen molar-refractivity contribution >= 4 is 17.7 Å². The fourth-order valence-corrected chi connectivity index (χ4v) is 4.09. The van der Waals surface area contributed by atoms with Crippen LogP contribution in [0.5, 0.6) is 0 Å². The average Bonchev–Trinajstić information content (AvgIpc) is 3.23. The first kappa shape index (κ1) is 17.1. The Morgan fingerprint density at radius 1 is 1.42 bits per heavy atom. The highest BCUT2D eigenvalue weighted by molar-refractivity contribution is 7.99. The second-order valence-electron chi connectivity index (χ2n) is 6.28. The number of aryl methyl sites for hydroxylation is 1. The molecule has 1 amide bonds. The molecular formula is C17H24N4O2S. The van der Waals surface area contributed by atoms with Gasteiger partial charge in [-0.1, -0.05) is 31.0 Å². The second kappa shape index (κ2) is 7.88. The van der Waals surface area contributed by atoms with Crippen LogP contribution in [0, 0.1) is 6.92 Å². The molecule has 7 heteroatoms. The van der Waals surface area contributed by atoms with E-state index in [0.717, 1.165) is 16.7 Å². The maximum atomic E-state index is 12.2. The highest BCUT2D eigenvalue weighted by Crippen LogP contribution is 2.32. The zero-order valence-corrected chi connectivity index (χ0v) is 15.0. The lowest BCUT2D eigenvalue weighted by Crippen LogP contribution is -2.28. The first-order valence-corrected chi connectivity index (χ1v) is 9.51. The molecule has 1 fully saturated rings. The van der Waals surface area contributed by atoms with Gasteiger partial charge >= 0.3 is 0 Å². The van der Waals surface area contributed by atoms with E-state index in [9.17, 15) is 4.79 Å². The summed E-state index contributed by atoms with van der Waals surface area (Å²) in [6, 6.07) is 4.02. The number of nitrogens with one attached hydrogen (secondary N) is 1. The van der Waals surface area contributed by atoms with Crippen LogP contribution in [-0.4, -0.2) is 26.4 Å². The number of carbonyl (C=O) groups excluding carboxylic acids is 1. The Kier molecular flexibility index (Phi) is 5.60. The predicted octanol–water partition coefficient (Wildman–Crippen LogP) is 3.65. The van der Waals surface area contributed by atoms with Gasteiger partial charge in [-0.25, -0.2) is 0 Å². The first-order valence-electron chi connectivity index (χ1n) is 8.52. The molecule has 0 saturated heterocycles. The normalized spacial score (nSPS) is 16.9. The maximum absolute atomic E-state index is 12.2. The van der Waals surface area contributed by atoms with E-state index >= 15 is 0 Å². The molecule has 0 radical (unpaired) electrons. The smallest absolute Gasteiger partial charge is 0.231 e. The lowest BCUT2D eigenvalue weighted by molar-refractivity contribution is -0.119. The average molecular weight is 348 g/mol. The minimum Gasteiger partial charge on any atom is -0.467 e. The highest BCUT2D eigenvalue weighted by atomic mass is 32.2. The van der Waals surface area contributed by atoms with E-state index in [0.29, 0.717) is 11.8 Å². The Labute approximate surface area is 146 Å². The lowest BCUT2D eigenvalue weighted by Gasteiger charge is -2.25. The number of nitrogens with zero attached hydrogens (tertiary/aromatic N) is 3. The molecule has 2 aromatic heterocycles. The van der Waals surface area contributed by atoms with E-state index in [4.69, 9.17) is 4.42 Å². The van der Waals surface area contributed by atoms with Crippen molar-refractivity contribution in [2.75, 3.05) is 5.75 Å². The molecular weight excluding hydrogens is 324 g/mol. The second-order valence-corrected chi connectivity index (χ2v) is 7.23. The summed E-state index contributed by atoms with van der Waals surface area (Å²) in [6.45, 7) is 3.90. The van der Waals surface area contributed by atoms with Crippen molar-refractivity contribution in [1.82, 2.24) is 20.1 Å². The van der Waals surface area contributed by atoms with Gasteiger partial charge in [-0.15, -0.1) is 10.2 Å². The van der Waals surface area contributed by atoms with Gasteiger partial charge in [0, 0.05) is 6.04 Å². The van der Waals surface area contributed by atoms with Gasteiger partial charge in [0.15, 0.2) is 5.16 Å². The van der Waals surface area contributed by atoms with Crippen LogP contribution >= 0.6 is 11.8 Å². The molecule has 3 rings (SSSR count). The molecule has 1 saturated carbocycles. The van der Waals surface area contributed by atoms with Crippen LogP contribution in [0.4, 0.5) is 0 Å². The van der Waals surface area contributed by atoms with E-state index in [1.807, 2.05) is 26.0 Å². The zero-order valence-electron chi connectivity index (χ0n) is 14.2. The molecule has 0 unspecified atom stereocenters. The number of furan rings is 1. The largest absolute Gasteiger partial charge is 0.467 e. The summed E-state index contributed by atoms with van der Waals surface area (Å²) in [5.41, 5.74) is 0. The molecule has 0 aromatic carbocycles. The summed E-state index contributed by atoms with van der Waals surface area (Å²) in [6.07, 6.45) is 7.79. The summed E-state index contributed by atoms with van der Waals surface area (Å²) < 4.78 is 7.53. The topological polar surface area (TPSA) is 73.0 Å². The molecule has 1 N–H and O–H groups in total. The Bertz CT molecular complexity index is 662. The Hall–Kier alpha value is -1.76. The third-order valence-corrected chi connectivity index (χ3v) is 5.40. The molecule has 6 nitrogen and oxygen atoms in total. The quantitative estimate of drug-likeness (QED) is 0.807. The van der Waals surface area contributed by atoms with Crippen LogP contribution in [0.1, 0.15) is 62.7 Å². The van der Waals surface area contributed by atoms with Crippen molar-refractivity contribution in [1.29, 1.82) is 0 Å². The number of carbonyl (C=O) groups is 1. The van der Waals surface area contributed by atoms with Crippen LogP contribution in [0.25, 0.3) is 0 Å². The van der Waals surface area contributed by atoms with Crippen LogP contribution in [0.3, 0.4) is 0 Å². The fourth-order valence-electron chi connectivity index (χ4n) is 3.23. The minimum atomic E-state index is -0.133. The highest BCUT2D eigenvalue weighted by Gasteiger charge is 2.22. The number of hydrogen-bond donors (Lipinski definition) is 1. The molecule has 1 aliphatic carbocycles. The van der Waals surface area contributed by atoms with Crippen molar-refractivity contribution in [2.45, 2.75) is 63.2 Å². The summed E-state index contributed by atoms with van der Waals surface area (Å²) in [5, 5.41) is 12.3. The van der Waals surface area contributed by atoms with E-state index in [-0.39, 0.29) is 11.9 Å². The molecule has 24 heavy (non-hydrogen) atoms. The lowest BCUT2D eigenvalue weighted by atomic mass is 9.95. The molecule has 130 valence electrons. The first-order chi connectivity index (χ1) is 11.6. The van der Waals surface area contributed by atoms with Crippen molar-refractivity contribution in [3.63, 3.8) is 0 Å². The van der Waals surface area contributed by atoms with E-state index in [2.05, 4.69) is 20.1 Å². The van der Waals surface area contributed by atoms with Gasteiger partial charge in [0.2, 0.25) is 5.91 Å². The number of amides is 1. The third-order valence-electron chi connectivity index (χ3n) is 4.45. The number of thioether (sulfide) groups is 1. The molecule has 2 heterocycles. The Morgan fingerprint density at radius 2 is 2.21 bits per heavy atom. The Balaban J connectivity index is 1.57. The van der Waals surface area contributed by atoms with Gasteiger partial charge in [-0.2, -0.15) is 0 Å². The van der Waals surface area contributed by atoms with Gasteiger partial charge in [-0.05, 0) is 38.8 Å². The zero-order chi connectivity index (χ0) is 16.9. The van der Waals surface area contributed by atoms with Crippen LogP contribution in [-0.2, 0) is 4.79 Å². The summed E-state index contributed by atoms with van der Waals surface area (Å²) in [7, 11) is 0. The van der Waals surface area contributed by atoms with Crippen LogP contribution in [0.2, 0.25) is 0 Å². The van der Waals surface area contributed by atoms with Crippen molar-refractivity contribution < 1.29 is 9.21 Å². The van der Waals surface area contributed by atoms with Gasteiger partial charge < -0.3 is 14.3 Å². The number of aromatic nitrogens is 3. The van der Waals surface area contributed by atoms with E-state index in [1.54, 1.807) is 6.26 Å². The van der Waals surface area contributed by atoms with E-state index < -0.39 is 0 Å². The predicted molar refractivity (Wildman–Crippen MR) is 92.9 cm³/mol. The van der Waals surface area contributed by atoms with Gasteiger partial charge in [0.05, 0.1) is 18.1 Å². The minimum absolute atomic E-state index is 0.0280. The molecule has 1 atom stereocenters. The molecule has 0 bridgehead atoms. The van der Waals surface area contributed by atoms with Gasteiger partial charge in [-0.3, -0.25) is 4.79 Å². The van der Waals surface area contributed by atoms with Crippen molar-refractivity contribution in [3.8, 4) is 0 Å². The number of hydrogen-bond acceptors (Lipinski definition) is 5.